The maximum atomic E-state index is 12.5. The number of nitriles is 1. The van der Waals surface area contributed by atoms with Gasteiger partial charge < -0.3 is 15.1 Å². The first-order valence-corrected chi connectivity index (χ1v) is 9.44. The molecule has 0 aliphatic carbocycles. The average molecular weight is 426 g/mol. The van der Waals surface area contributed by atoms with E-state index in [0.29, 0.717) is 30.7 Å². The van der Waals surface area contributed by atoms with Gasteiger partial charge in [0.15, 0.2) is 0 Å². The van der Waals surface area contributed by atoms with Crippen LogP contribution < -0.4 is 10.2 Å². The van der Waals surface area contributed by atoms with Gasteiger partial charge in [0.2, 0.25) is 0 Å². The van der Waals surface area contributed by atoms with Crippen LogP contribution >= 0.6 is 15.9 Å². The van der Waals surface area contributed by atoms with Crippen molar-refractivity contribution in [2.45, 2.75) is 13.3 Å². The molecule has 0 spiro atoms. The van der Waals surface area contributed by atoms with Crippen LogP contribution in [0.2, 0.25) is 0 Å². The topological polar surface area (TPSA) is 103 Å². The van der Waals surface area contributed by atoms with Gasteiger partial charge in [-0.2, -0.15) is 5.26 Å². The fourth-order valence-electron chi connectivity index (χ4n) is 2.50. The maximum Gasteiger partial charge on any atom is 0.283 e. The van der Waals surface area contributed by atoms with Gasteiger partial charge in [-0.3, -0.25) is 14.9 Å². The number of alkyl halides is 1. The molecule has 26 heavy (non-hydrogen) atoms. The Morgan fingerprint density at radius 1 is 1.38 bits per heavy atom. The number of halogens is 1. The van der Waals surface area contributed by atoms with Gasteiger partial charge in [0, 0.05) is 31.0 Å². The molecule has 1 amide bonds. The monoisotopic (exact) mass is 425 g/mol. The van der Waals surface area contributed by atoms with Crippen LogP contribution in [-0.2, 0) is 0 Å². The third-order valence-corrected chi connectivity index (χ3v) is 4.17. The highest BCUT2D eigenvalue weighted by molar-refractivity contribution is 9.09. The van der Waals surface area contributed by atoms with Crippen LogP contribution in [0.25, 0.3) is 0 Å². The summed E-state index contributed by atoms with van der Waals surface area (Å²) in [5.74, 6) is -0.504. The molecule has 0 radical (unpaired) electrons. The van der Waals surface area contributed by atoms with Gasteiger partial charge in [-0.15, -0.1) is 0 Å². The SMILES string of the molecule is CCN(CCBr)c1cc(C(=O)NCCCN(C)C)c([N+](=O)[O-])cc1C#N. The number of hydrogen-bond donors (Lipinski definition) is 1. The molecule has 0 aliphatic heterocycles. The quantitative estimate of drug-likeness (QED) is 0.267. The number of carbonyl (C=O) groups excluding carboxylic acids is 1. The highest BCUT2D eigenvalue weighted by Gasteiger charge is 2.25. The largest absolute Gasteiger partial charge is 0.370 e. The van der Waals surface area contributed by atoms with Gasteiger partial charge in [-0.25, -0.2) is 0 Å². The predicted molar refractivity (Wildman–Crippen MR) is 105 cm³/mol. The van der Waals surface area contributed by atoms with Gasteiger partial charge in [-0.05, 0) is 40.1 Å². The van der Waals surface area contributed by atoms with Crippen molar-refractivity contribution >= 4 is 33.2 Å². The van der Waals surface area contributed by atoms with Crippen LogP contribution in [-0.4, -0.2) is 61.3 Å². The van der Waals surface area contributed by atoms with E-state index in [1.807, 2.05) is 36.9 Å². The zero-order valence-electron chi connectivity index (χ0n) is 15.3. The highest BCUT2D eigenvalue weighted by atomic mass is 79.9. The molecule has 0 unspecified atom stereocenters. The molecule has 1 N–H and O–H groups in total. The molecule has 0 fully saturated rings. The summed E-state index contributed by atoms with van der Waals surface area (Å²) in [7, 11) is 3.87. The molecule has 0 atom stereocenters. The molecule has 1 aromatic carbocycles. The van der Waals surface area contributed by atoms with Crippen LogP contribution in [0.1, 0.15) is 29.3 Å². The Labute approximate surface area is 162 Å². The smallest absolute Gasteiger partial charge is 0.283 e. The standard InChI is InChI=1S/C17H24BrN5O3/c1-4-22(9-6-18)15-11-14(16(23(25)26)10-13(15)12-19)17(24)20-7-5-8-21(2)3/h10-11H,4-9H2,1-3H3,(H,20,24). The molecule has 0 bridgehead atoms. The minimum atomic E-state index is -0.625. The van der Waals surface area contributed by atoms with Crippen molar-refractivity contribution in [3.63, 3.8) is 0 Å². The molecular formula is C17H24BrN5O3. The lowest BCUT2D eigenvalue weighted by atomic mass is 10.0. The zero-order chi connectivity index (χ0) is 19.7. The van der Waals surface area contributed by atoms with Crippen molar-refractivity contribution in [3.05, 3.63) is 33.4 Å². The second-order valence-electron chi connectivity index (χ2n) is 5.94. The summed E-state index contributed by atoms with van der Waals surface area (Å²) < 4.78 is 0. The van der Waals surface area contributed by atoms with E-state index in [1.165, 1.54) is 12.1 Å². The lowest BCUT2D eigenvalue weighted by molar-refractivity contribution is -0.385. The third kappa shape index (κ3) is 5.97. The molecule has 9 heteroatoms. The van der Waals surface area contributed by atoms with E-state index in [0.717, 1.165) is 13.0 Å². The molecule has 0 heterocycles. The lowest BCUT2D eigenvalue weighted by Crippen LogP contribution is -2.29. The number of nitro benzene ring substituents is 1. The van der Waals surface area contributed by atoms with E-state index in [-0.39, 0.29) is 16.8 Å². The molecule has 0 aromatic heterocycles. The summed E-state index contributed by atoms with van der Waals surface area (Å²) in [4.78, 5) is 27.1. The van der Waals surface area contributed by atoms with Gasteiger partial charge in [0.05, 0.1) is 16.2 Å². The molecule has 8 nitrogen and oxygen atoms in total. The first-order chi connectivity index (χ1) is 12.3. The van der Waals surface area contributed by atoms with Gasteiger partial charge >= 0.3 is 0 Å². The summed E-state index contributed by atoms with van der Waals surface area (Å²) in [5, 5.41) is 24.2. The van der Waals surface area contributed by atoms with Crippen molar-refractivity contribution in [1.29, 1.82) is 5.26 Å². The number of anilines is 1. The second-order valence-corrected chi connectivity index (χ2v) is 6.73. The summed E-state index contributed by atoms with van der Waals surface area (Å²) >= 11 is 3.36. The number of carbonyl (C=O) groups is 1. The lowest BCUT2D eigenvalue weighted by Gasteiger charge is -2.23. The van der Waals surface area contributed by atoms with Crippen LogP contribution in [0.3, 0.4) is 0 Å². The Balaban J connectivity index is 3.20. The van der Waals surface area contributed by atoms with E-state index in [9.17, 15) is 20.2 Å². The van der Waals surface area contributed by atoms with E-state index in [2.05, 4.69) is 21.2 Å². The van der Waals surface area contributed by atoms with Crippen molar-refractivity contribution in [1.82, 2.24) is 10.2 Å². The zero-order valence-corrected chi connectivity index (χ0v) is 16.9. The number of amides is 1. The number of nitrogens with one attached hydrogen (secondary N) is 1. The Morgan fingerprint density at radius 3 is 2.58 bits per heavy atom. The molecule has 0 saturated heterocycles. The van der Waals surface area contributed by atoms with Gasteiger partial charge in [-0.1, -0.05) is 15.9 Å². The Kier molecular flexibility index (Phi) is 9.02. The van der Waals surface area contributed by atoms with E-state index in [4.69, 9.17) is 0 Å². The summed E-state index contributed by atoms with van der Waals surface area (Å²) in [6, 6.07) is 4.63. The van der Waals surface area contributed by atoms with E-state index < -0.39 is 10.8 Å². The van der Waals surface area contributed by atoms with Crippen molar-refractivity contribution in [2.75, 3.05) is 50.5 Å². The minimum Gasteiger partial charge on any atom is -0.370 e. The maximum absolute atomic E-state index is 12.5. The normalized spacial score (nSPS) is 10.5. The van der Waals surface area contributed by atoms with Crippen molar-refractivity contribution < 1.29 is 9.72 Å². The Bertz CT molecular complexity index is 688. The van der Waals surface area contributed by atoms with Gasteiger partial charge in [0.1, 0.15) is 11.6 Å². The predicted octanol–water partition coefficient (Wildman–Crippen LogP) is 2.37. The number of rotatable bonds is 10. The highest BCUT2D eigenvalue weighted by Crippen LogP contribution is 2.29. The van der Waals surface area contributed by atoms with Crippen LogP contribution in [0.5, 0.6) is 0 Å². The van der Waals surface area contributed by atoms with E-state index >= 15 is 0 Å². The molecule has 1 rings (SSSR count). The first kappa shape index (κ1) is 21.9. The molecule has 142 valence electrons. The second kappa shape index (κ2) is 10.7. The van der Waals surface area contributed by atoms with Gasteiger partial charge in [0.25, 0.3) is 11.6 Å². The molecule has 1 aromatic rings. The molecule has 0 aliphatic rings. The summed E-state index contributed by atoms with van der Waals surface area (Å²) in [6.45, 7) is 4.37. The molecule has 0 saturated carbocycles. The fraction of sp³-hybridized carbons (Fsp3) is 0.529. The Morgan fingerprint density at radius 2 is 2.08 bits per heavy atom. The van der Waals surface area contributed by atoms with Crippen molar-refractivity contribution in [3.8, 4) is 6.07 Å². The number of nitrogens with zero attached hydrogens (tertiary/aromatic N) is 4. The summed E-state index contributed by atoms with van der Waals surface area (Å²) in [6.07, 6.45) is 0.736. The van der Waals surface area contributed by atoms with Crippen LogP contribution in [0.4, 0.5) is 11.4 Å². The van der Waals surface area contributed by atoms with Crippen LogP contribution in [0.15, 0.2) is 12.1 Å². The Hall–Kier alpha value is -2.18. The minimum absolute atomic E-state index is 0.0260. The third-order valence-electron chi connectivity index (χ3n) is 3.82. The molecular weight excluding hydrogens is 402 g/mol. The van der Waals surface area contributed by atoms with Crippen molar-refractivity contribution in [2.24, 2.45) is 0 Å². The number of hydrogen-bond acceptors (Lipinski definition) is 6. The van der Waals surface area contributed by atoms with E-state index in [1.54, 1.807) is 0 Å². The average Bonchev–Trinajstić information content (AvgIpc) is 2.61. The first-order valence-electron chi connectivity index (χ1n) is 8.32. The number of benzene rings is 1. The fourth-order valence-corrected chi connectivity index (χ4v) is 2.93. The summed E-state index contributed by atoms with van der Waals surface area (Å²) in [5.41, 5.74) is 0.328. The van der Waals surface area contributed by atoms with Crippen LogP contribution in [0, 0.1) is 21.4 Å². The number of nitro groups is 1.